The van der Waals surface area contributed by atoms with Crippen LogP contribution in [0.2, 0.25) is 5.02 Å². The zero-order chi connectivity index (χ0) is 25.7. The van der Waals surface area contributed by atoms with Gasteiger partial charge < -0.3 is 29.8 Å². The van der Waals surface area contributed by atoms with Gasteiger partial charge in [-0.1, -0.05) is 11.6 Å². The molecule has 3 N–H and O–H groups in total. The molecule has 12 heteroatoms. The largest absolute Gasteiger partial charge is 0.503 e. The van der Waals surface area contributed by atoms with Crippen LogP contribution in [-0.4, -0.2) is 45.8 Å². The molecular weight excluding hydrogens is 493 g/mol. The number of nitrogens with one attached hydrogen (secondary N) is 2. The molecule has 2 aromatic heterocycles. The summed E-state index contributed by atoms with van der Waals surface area (Å²) in [6.45, 7) is 0.0108. The van der Waals surface area contributed by atoms with E-state index in [0.29, 0.717) is 33.9 Å². The summed E-state index contributed by atoms with van der Waals surface area (Å²) in [7, 11) is 1.49. The number of anilines is 2. The van der Waals surface area contributed by atoms with E-state index in [4.69, 9.17) is 21.1 Å². The summed E-state index contributed by atoms with van der Waals surface area (Å²) in [6.07, 6.45) is 2.79. The number of fused-ring (bicyclic) bond motifs is 1. The quantitative estimate of drug-likeness (QED) is 0.291. The summed E-state index contributed by atoms with van der Waals surface area (Å²) in [5.41, 5.74) is 0.461. The first-order valence-corrected chi connectivity index (χ1v) is 11.1. The molecule has 4 aromatic rings. The fourth-order valence-corrected chi connectivity index (χ4v) is 3.54. The van der Waals surface area contributed by atoms with Crippen molar-refractivity contribution in [1.29, 1.82) is 0 Å². The number of methoxy groups -OCH3 is 1. The van der Waals surface area contributed by atoms with Crippen LogP contribution in [0.1, 0.15) is 0 Å². The normalized spacial score (nSPS) is 10.8. The highest BCUT2D eigenvalue weighted by molar-refractivity contribution is 6.31. The lowest BCUT2D eigenvalue weighted by Gasteiger charge is -2.14. The first kappa shape index (κ1) is 24.7. The maximum Gasteiger partial charge on any atom is 0.293 e. The Morgan fingerprint density at radius 1 is 1.19 bits per heavy atom. The number of aromatic nitrogens is 3. The van der Waals surface area contributed by atoms with E-state index in [1.165, 1.54) is 50.0 Å². The number of pyridine rings is 1. The third-order valence-corrected chi connectivity index (χ3v) is 5.39. The van der Waals surface area contributed by atoms with Gasteiger partial charge in [-0.2, -0.15) is 0 Å². The summed E-state index contributed by atoms with van der Waals surface area (Å²) in [4.78, 5) is 32.5. The van der Waals surface area contributed by atoms with Gasteiger partial charge in [-0.15, -0.1) is 0 Å². The second kappa shape index (κ2) is 10.9. The molecule has 0 spiro atoms. The summed E-state index contributed by atoms with van der Waals surface area (Å²) in [5.74, 6) is -0.128. The standard InChI is InChI=1S/C24H21ClFN5O5/c1-35-20-11-18-15(23(29-13-28-18)30-14-4-5-17(26)16(25)9-14)10-21(20)36-8-6-27-22(33)12-31-7-2-3-19(32)24(31)34/h2-5,7,9-11,13,32H,6,8,12H2,1H3,(H,27,33)(H,28,29,30). The Labute approximate surface area is 209 Å². The molecule has 0 atom stereocenters. The highest BCUT2D eigenvalue weighted by atomic mass is 35.5. The van der Waals surface area contributed by atoms with Crippen molar-refractivity contribution in [3.63, 3.8) is 0 Å². The Morgan fingerprint density at radius 3 is 2.81 bits per heavy atom. The van der Waals surface area contributed by atoms with Crippen LogP contribution in [-0.2, 0) is 11.3 Å². The van der Waals surface area contributed by atoms with E-state index >= 15 is 0 Å². The SMILES string of the molecule is COc1cc2ncnc(Nc3ccc(F)c(Cl)c3)c2cc1OCCNC(=O)Cn1cccc(O)c1=O. The van der Waals surface area contributed by atoms with Crippen LogP contribution in [0.5, 0.6) is 17.2 Å². The minimum Gasteiger partial charge on any atom is -0.503 e. The molecule has 2 heterocycles. The minimum atomic E-state index is -0.653. The molecule has 36 heavy (non-hydrogen) atoms. The Bertz CT molecular complexity index is 1480. The average Bonchev–Trinajstić information content (AvgIpc) is 2.86. The molecule has 0 bridgehead atoms. The Balaban J connectivity index is 1.45. The van der Waals surface area contributed by atoms with Gasteiger partial charge in [-0.25, -0.2) is 14.4 Å². The third kappa shape index (κ3) is 5.63. The van der Waals surface area contributed by atoms with Crippen molar-refractivity contribution in [2.45, 2.75) is 6.54 Å². The summed E-state index contributed by atoms with van der Waals surface area (Å²) < 4.78 is 25.8. The van der Waals surface area contributed by atoms with E-state index in [1.807, 2.05) is 0 Å². The van der Waals surface area contributed by atoms with Crippen molar-refractivity contribution in [3.8, 4) is 17.2 Å². The van der Waals surface area contributed by atoms with E-state index in [2.05, 4.69) is 20.6 Å². The van der Waals surface area contributed by atoms with Crippen LogP contribution in [0, 0.1) is 5.82 Å². The fourth-order valence-electron chi connectivity index (χ4n) is 3.36. The smallest absolute Gasteiger partial charge is 0.293 e. The monoisotopic (exact) mass is 513 g/mol. The van der Waals surface area contributed by atoms with E-state index in [9.17, 15) is 19.1 Å². The Hall–Kier alpha value is -4.38. The number of rotatable bonds is 9. The lowest BCUT2D eigenvalue weighted by molar-refractivity contribution is -0.121. The lowest BCUT2D eigenvalue weighted by atomic mass is 10.2. The Kier molecular flexibility index (Phi) is 7.50. The molecule has 0 unspecified atom stereocenters. The number of carbonyl (C=O) groups excluding carboxylic acids is 1. The van der Waals surface area contributed by atoms with Gasteiger partial charge in [0.1, 0.15) is 31.1 Å². The molecule has 0 radical (unpaired) electrons. The van der Waals surface area contributed by atoms with Crippen LogP contribution < -0.4 is 25.7 Å². The predicted molar refractivity (Wildman–Crippen MR) is 132 cm³/mol. The minimum absolute atomic E-state index is 0.0277. The van der Waals surface area contributed by atoms with Crippen LogP contribution in [0.15, 0.2) is 59.8 Å². The summed E-state index contributed by atoms with van der Waals surface area (Å²) >= 11 is 5.87. The summed E-state index contributed by atoms with van der Waals surface area (Å²) in [6, 6.07) is 10.3. The zero-order valence-electron chi connectivity index (χ0n) is 19.0. The molecular formula is C24H21ClFN5O5. The summed E-state index contributed by atoms with van der Waals surface area (Å²) in [5, 5.41) is 15.8. The number of benzene rings is 2. The van der Waals surface area contributed by atoms with Crippen molar-refractivity contribution >= 4 is 39.9 Å². The van der Waals surface area contributed by atoms with Gasteiger partial charge in [0.05, 0.1) is 24.2 Å². The lowest BCUT2D eigenvalue weighted by Crippen LogP contribution is -2.34. The van der Waals surface area contributed by atoms with Gasteiger partial charge in [-0.05, 0) is 36.4 Å². The number of nitrogens with zero attached hydrogens (tertiary/aromatic N) is 3. The van der Waals surface area contributed by atoms with E-state index in [0.717, 1.165) is 4.57 Å². The van der Waals surface area contributed by atoms with Gasteiger partial charge >= 0.3 is 0 Å². The highest BCUT2D eigenvalue weighted by Gasteiger charge is 2.13. The zero-order valence-corrected chi connectivity index (χ0v) is 19.8. The molecule has 0 saturated heterocycles. The van der Waals surface area contributed by atoms with Crippen LogP contribution in [0.4, 0.5) is 15.9 Å². The number of ether oxygens (including phenoxy) is 2. The molecule has 0 aliphatic heterocycles. The molecule has 0 saturated carbocycles. The molecule has 10 nitrogen and oxygen atoms in total. The van der Waals surface area contributed by atoms with Crippen LogP contribution >= 0.6 is 11.6 Å². The third-order valence-electron chi connectivity index (χ3n) is 5.10. The predicted octanol–water partition coefficient (Wildman–Crippen LogP) is 3.24. The second-order valence-corrected chi connectivity index (χ2v) is 7.93. The molecule has 186 valence electrons. The van der Waals surface area contributed by atoms with Crippen molar-refractivity contribution in [2.75, 3.05) is 25.6 Å². The molecule has 0 aliphatic rings. The van der Waals surface area contributed by atoms with Crippen LogP contribution in [0.25, 0.3) is 10.9 Å². The number of aromatic hydroxyl groups is 1. The van der Waals surface area contributed by atoms with Crippen molar-refractivity contribution < 1.29 is 23.8 Å². The second-order valence-electron chi connectivity index (χ2n) is 7.52. The molecule has 0 aliphatic carbocycles. The average molecular weight is 514 g/mol. The van der Waals surface area contributed by atoms with Crippen molar-refractivity contribution in [1.82, 2.24) is 19.9 Å². The van der Waals surface area contributed by atoms with E-state index < -0.39 is 23.0 Å². The van der Waals surface area contributed by atoms with Gasteiger partial charge in [0.25, 0.3) is 5.56 Å². The maximum absolute atomic E-state index is 13.5. The van der Waals surface area contributed by atoms with Crippen LogP contribution in [0.3, 0.4) is 0 Å². The van der Waals surface area contributed by atoms with Gasteiger partial charge in [0.15, 0.2) is 17.2 Å². The molecule has 4 rings (SSSR count). The first-order chi connectivity index (χ1) is 17.4. The van der Waals surface area contributed by atoms with Gasteiger partial charge in [0, 0.05) is 23.3 Å². The first-order valence-electron chi connectivity index (χ1n) is 10.7. The molecule has 1 amide bonds. The highest BCUT2D eigenvalue weighted by Crippen LogP contribution is 2.35. The number of carbonyl (C=O) groups is 1. The van der Waals surface area contributed by atoms with E-state index in [-0.39, 0.29) is 24.7 Å². The van der Waals surface area contributed by atoms with Crippen molar-refractivity contribution in [3.05, 3.63) is 76.2 Å². The number of hydrogen-bond donors (Lipinski definition) is 3. The fraction of sp³-hybridized carbons (Fsp3) is 0.167. The van der Waals surface area contributed by atoms with Gasteiger partial charge in [-0.3, -0.25) is 9.59 Å². The maximum atomic E-state index is 13.5. The number of amides is 1. The van der Waals surface area contributed by atoms with Gasteiger partial charge in [0.2, 0.25) is 5.91 Å². The van der Waals surface area contributed by atoms with E-state index in [1.54, 1.807) is 12.1 Å². The Morgan fingerprint density at radius 2 is 2.03 bits per heavy atom. The molecule has 2 aromatic carbocycles. The number of hydrogen-bond acceptors (Lipinski definition) is 8. The number of halogens is 2. The molecule has 0 fully saturated rings. The van der Waals surface area contributed by atoms with Crippen molar-refractivity contribution in [2.24, 2.45) is 0 Å². The topological polar surface area (TPSA) is 128 Å².